The lowest BCUT2D eigenvalue weighted by Crippen LogP contribution is -1.82. The Morgan fingerprint density at radius 1 is 1.21 bits per heavy atom. The summed E-state index contributed by atoms with van der Waals surface area (Å²) in [6, 6.07) is 2.87. The quantitative estimate of drug-likeness (QED) is 0.400. The number of rotatable bonds is 1. The smallest absolute Gasteiger partial charge is 0.160 e. The Bertz CT molecular complexity index is 367. The maximum absolute atomic E-state index is 13.0. The van der Waals surface area contributed by atoms with E-state index in [1.54, 1.807) is 0 Å². The zero-order valence-electron chi connectivity index (χ0n) is 7.08. The first kappa shape index (κ1) is 11.7. The molecule has 0 saturated carbocycles. The second kappa shape index (κ2) is 5.46. The van der Waals surface area contributed by atoms with E-state index in [1.165, 1.54) is 12.1 Å². The molecule has 1 rings (SSSR count). The first-order chi connectivity index (χ1) is 6.65. The molecule has 0 aliphatic heterocycles. The second-order valence-corrected chi connectivity index (χ2v) is 3.69. The van der Waals surface area contributed by atoms with Crippen LogP contribution < -0.4 is 0 Å². The number of benzene rings is 1. The standard InChI is InChI=1S/C10H6Cl3F/c11-4-2-1-3-7-5-8(12)10(14)9(13)6-7/h5-6H,2,4H2. The van der Waals surface area contributed by atoms with Crippen LogP contribution in [0.4, 0.5) is 4.39 Å². The molecule has 4 heteroatoms. The average Bonchev–Trinajstić information content (AvgIpc) is 2.14. The highest BCUT2D eigenvalue weighted by molar-refractivity contribution is 6.35. The van der Waals surface area contributed by atoms with Gasteiger partial charge in [-0.25, -0.2) is 4.39 Å². The molecule has 1 aromatic carbocycles. The topological polar surface area (TPSA) is 0 Å². The van der Waals surface area contributed by atoms with Gasteiger partial charge in [0, 0.05) is 17.9 Å². The fourth-order valence-electron chi connectivity index (χ4n) is 0.839. The van der Waals surface area contributed by atoms with Crippen LogP contribution in [0.1, 0.15) is 12.0 Å². The summed E-state index contributed by atoms with van der Waals surface area (Å²) in [6.45, 7) is 0. The Kier molecular flexibility index (Phi) is 4.54. The molecule has 0 aromatic heterocycles. The van der Waals surface area contributed by atoms with Crippen LogP contribution in [-0.2, 0) is 0 Å². The molecule has 0 bridgehead atoms. The largest absolute Gasteiger partial charge is 0.204 e. The van der Waals surface area contributed by atoms with Gasteiger partial charge >= 0.3 is 0 Å². The van der Waals surface area contributed by atoms with E-state index in [0.29, 0.717) is 17.9 Å². The number of halogens is 4. The van der Waals surface area contributed by atoms with E-state index in [0.717, 1.165) is 0 Å². The van der Waals surface area contributed by atoms with Gasteiger partial charge in [-0.2, -0.15) is 0 Å². The number of hydrogen-bond acceptors (Lipinski definition) is 0. The Hall–Kier alpha value is -0.420. The van der Waals surface area contributed by atoms with Crippen molar-refractivity contribution in [1.82, 2.24) is 0 Å². The van der Waals surface area contributed by atoms with Crippen molar-refractivity contribution in [1.29, 1.82) is 0 Å². The van der Waals surface area contributed by atoms with Crippen molar-refractivity contribution in [2.45, 2.75) is 6.42 Å². The molecule has 0 nitrogen and oxygen atoms in total. The van der Waals surface area contributed by atoms with E-state index >= 15 is 0 Å². The third-order valence-corrected chi connectivity index (χ3v) is 2.18. The molecule has 0 N–H and O–H groups in total. The third-order valence-electron chi connectivity index (χ3n) is 1.44. The summed E-state index contributed by atoms with van der Waals surface area (Å²) in [5.74, 6) is 5.44. The van der Waals surface area contributed by atoms with E-state index < -0.39 is 5.82 Å². The maximum atomic E-state index is 13.0. The van der Waals surface area contributed by atoms with Crippen LogP contribution in [0.15, 0.2) is 12.1 Å². The molecule has 14 heavy (non-hydrogen) atoms. The van der Waals surface area contributed by atoms with Gasteiger partial charge in [0.05, 0.1) is 10.0 Å². The summed E-state index contributed by atoms with van der Waals surface area (Å²) < 4.78 is 13.0. The molecule has 0 aliphatic rings. The summed E-state index contributed by atoms with van der Waals surface area (Å²) in [5.41, 5.74) is 0.589. The molecule has 0 atom stereocenters. The van der Waals surface area contributed by atoms with Crippen molar-refractivity contribution < 1.29 is 4.39 Å². The molecular weight excluding hydrogens is 245 g/mol. The summed E-state index contributed by atoms with van der Waals surface area (Å²) >= 11 is 16.6. The molecule has 1 aromatic rings. The van der Waals surface area contributed by atoms with E-state index in [9.17, 15) is 4.39 Å². The van der Waals surface area contributed by atoms with Gasteiger partial charge in [0.25, 0.3) is 0 Å². The van der Waals surface area contributed by atoms with Crippen LogP contribution in [0.25, 0.3) is 0 Å². The van der Waals surface area contributed by atoms with Gasteiger partial charge in [-0.05, 0) is 12.1 Å². The van der Waals surface area contributed by atoms with Crippen molar-refractivity contribution in [2.24, 2.45) is 0 Å². The number of alkyl halides is 1. The van der Waals surface area contributed by atoms with E-state index in [1.807, 2.05) is 0 Å². The molecule has 0 spiro atoms. The zero-order valence-corrected chi connectivity index (χ0v) is 9.35. The van der Waals surface area contributed by atoms with Gasteiger partial charge in [-0.1, -0.05) is 35.0 Å². The lowest BCUT2D eigenvalue weighted by Gasteiger charge is -1.97. The fraction of sp³-hybridized carbons (Fsp3) is 0.200. The van der Waals surface area contributed by atoms with Crippen LogP contribution in [0, 0.1) is 17.7 Å². The first-order valence-corrected chi connectivity index (χ1v) is 5.13. The van der Waals surface area contributed by atoms with E-state index in [2.05, 4.69) is 11.8 Å². The maximum Gasteiger partial charge on any atom is 0.160 e. The van der Waals surface area contributed by atoms with Crippen molar-refractivity contribution in [2.75, 3.05) is 5.88 Å². The normalized spacial score (nSPS) is 9.43. The molecule has 0 saturated heterocycles. The fourth-order valence-corrected chi connectivity index (χ4v) is 1.42. The van der Waals surface area contributed by atoms with Gasteiger partial charge in [0.2, 0.25) is 0 Å². The Morgan fingerprint density at radius 3 is 2.29 bits per heavy atom. The summed E-state index contributed by atoms with van der Waals surface area (Å²) in [4.78, 5) is 0. The number of hydrogen-bond donors (Lipinski definition) is 0. The van der Waals surface area contributed by atoms with Crippen LogP contribution in [0.3, 0.4) is 0 Å². The monoisotopic (exact) mass is 250 g/mol. The highest BCUT2D eigenvalue weighted by Crippen LogP contribution is 2.24. The zero-order chi connectivity index (χ0) is 10.6. The molecular formula is C10H6Cl3F. The second-order valence-electron chi connectivity index (χ2n) is 2.49. The molecule has 0 aliphatic carbocycles. The van der Waals surface area contributed by atoms with Gasteiger partial charge in [0.1, 0.15) is 0 Å². The van der Waals surface area contributed by atoms with Gasteiger partial charge in [-0.15, -0.1) is 11.6 Å². The molecule has 74 valence electrons. The van der Waals surface area contributed by atoms with Gasteiger partial charge < -0.3 is 0 Å². The van der Waals surface area contributed by atoms with Crippen molar-refractivity contribution in [3.63, 3.8) is 0 Å². The molecule has 0 amide bonds. The van der Waals surface area contributed by atoms with E-state index in [4.69, 9.17) is 34.8 Å². The highest BCUT2D eigenvalue weighted by Gasteiger charge is 2.05. The predicted molar refractivity (Wildman–Crippen MR) is 58.6 cm³/mol. The lowest BCUT2D eigenvalue weighted by molar-refractivity contribution is 0.628. The summed E-state index contributed by atoms with van der Waals surface area (Å²) in [5, 5.41) is -0.0413. The minimum atomic E-state index is -0.615. The van der Waals surface area contributed by atoms with Crippen molar-refractivity contribution in [3.05, 3.63) is 33.6 Å². The summed E-state index contributed by atoms with van der Waals surface area (Å²) in [6.07, 6.45) is 0.578. The molecule has 0 radical (unpaired) electrons. The lowest BCUT2D eigenvalue weighted by atomic mass is 10.2. The van der Waals surface area contributed by atoms with Crippen LogP contribution in [-0.4, -0.2) is 5.88 Å². The first-order valence-electron chi connectivity index (χ1n) is 3.84. The Morgan fingerprint density at radius 2 is 1.79 bits per heavy atom. The molecule has 0 unspecified atom stereocenters. The predicted octanol–water partition coefficient (Wildman–Crippen LogP) is 4.11. The molecule has 0 fully saturated rings. The van der Waals surface area contributed by atoms with Gasteiger partial charge in [-0.3, -0.25) is 0 Å². The molecule has 0 heterocycles. The minimum absolute atomic E-state index is 0.0207. The SMILES string of the molecule is Fc1c(Cl)cc(C#CCCCl)cc1Cl. The highest BCUT2D eigenvalue weighted by atomic mass is 35.5. The minimum Gasteiger partial charge on any atom is -0.204 e. The Balaban J connectivity index is 2.97. The van der Waals surface area contributed by atoms with Crippen LogP contribution in [0.5, 0.6) is 0 Å². The van der Waals surface area contributed by atoms with Gasteiger partial charge in [0.15, 0.2) is 5.82 Å². The van der Waals surface area contributed by atoms with Crippen molar-refractivity contribution in [3.8, 4) is 11.8 Å². The Labute approximate surface area is 97.0 Å². The third kappa shape index (κ3) is 3.06. The van der Waals surface area contributed by atoms with E-state index in [-0.39, 0.29) is 10.0 Å². The summed E-state index contributed by atoms with van der Waals surface area (Å²) in [7, 11) is 0. The van der Waals surface area contributed by atoms with Crippen molar-refractivity contribution >= 4 is 34.8 Å². The van der Waals surface area contributed by atoms with Crippen LogP contribution >= 0.6 is 34.8 Å². The average molecular weight is 252 g/mol. The van der Waals surface area contributed by atoms with Crippen LogP contribution in [0.2, 0.25) is 10.0 Å².